The summed E-state index contributed by atoms with van der Waals surface area (Å²) < 4.78 is 0. The van der Waals surface area contributed by atoms with Crippen LogP contribution >= 0.6 is 0 Å². The van der Waals surface area contributed by atoms with E-state index < -0.39 is 5.60 Å². The molecule has 88 valence electrons. The molecule has 0 aliphatic rings. The predicted octanol–water partition coefficient (Wildman–Crippen LogP) is 0.670. The van der Waals surface area contributed by atoms with Crippen molar-refractivity contribution in [2.24, 2.45) is 0 Å². The van der Waals surface area contributed by atoms with Gasteiger partial charge < -0.3 is 0 Å². The fourth-order valence-corrected chi connectivity index (χ4v) is 0.966. The van der Waals surface area contributed by atoms with E-state index in [1.807, 2.05) is 20.8 Å². The van der Waals surface area contributed by atoms with Crippen molar-refractivity contribution in [3.63, 3.8) is 0 Å². The Balaban J connectivity index is 2.43. The zero-order valence-corrected chi connectivity index (χ0v) is 9.67. The summed E-state index contributed by atoms with van der Waals surface area (Å²) in [5.74, 6) is 0. The number of hydroxylamine groups is 1. The summed E-state index contributed by atoms with van der Waals surface area (Å²) in [5.41, 5.74) is 3.08. The highest BCUT2D eigenvalue weighted by molar-refractivity contribution is 5.44. The van der Waals surface area contributed by atoms with Gasteiger partial charge in [-0.1, -0.05) is 0 Å². The first-order chi connectivity index (χ1) is 7.51. The quantitative estimate of drug-likeness (QED) is 0.588. The van der Waals surface area contributed by atoms with E-state index in [1.54, 1.807) is 18.6 Å². The molecule has 0 atom stereocenters. The van der Waals surface area contributed by atoms with Crippen LogP contribution in [0, 0.1) is 0 Å². The molecule has 0 aromatic carbocycles. The van der Waals surface area contributed by atoms with E-state index in [9.17, 15) is 4.79 Å². The number of hydrogen-bond donors (Lipinski definition) is 1. The highest BCUT2D eigenvalue weighted by Gasteiger charge is 2.15. The molecule has 6 nitrogen and oxygen atoms in total. The van der Waals surface area contributed by atoms with Crippen molar-refractivity contribution in [1.29, 1.82) is 0 Å². The first-order valence-corrected chi connectivity index (χ1v) is 4.93. The maximum Gasteiger partial charge on any atom is 0.249 e. The molecule has 1 rings (SSSR count). The molecule has 1 aromatic heterocycles. The topological polar surface area (TPSA) is 67.3 Å². The van der Waals surface area contributed by atoms with Gasteiger partial charge in [-0.05, 0) is 20.8 Å². The second-order valence-corrected chi connectivity index (χ2v) is 4.17. The number of hydrogen-bond acceptors (Lipinski definition) is 5. The van der Waals surface area contributed by atoms with E-state index in [0.29, 0.717) is 13.0 Å². The molecule has 1 heterocycles. The Morgan fingerprint density at radius 3 is 2.75 bits per heavy atom. The summed E-state index contributed by atoms with van der Waals surface area (Å²) in [4.78, 5) is 24.0. The van der Waals surface area contributed by atoms with E-state index in [1.165, 1.54) is 0 Å². The maximum atomic E-state index is 10.7. The number of carbonyl (C=O) groups is 1. The molecule has 0 unspecified atom stereocenters. The van der Waals surface area contributed by atoms with Gasteiger partial charge in [-0.25, -0.2) is 10.3 Å². The van der Waals surface area contributed by atoms with Gasteiger partial charge in [0.05, 0.1) is 17.8 Å². The summed E-state index contributed by atoms with van der Waals surface area (Å²) in [6.45, 7) is 5.94. The van der Waals surface area contributed by atoms with Crippen LogP contribution in [0.2, 0.25) is 0 Å². The minimum Gasteiger partial charge on any atom is -0.275 e. The molecule has 0 saturated carbocycles. The molecule has 0 fully saturated rings. The standard InChI is InChI=1S/C10H16N4O2/c1-10(2,3)16-14(8-15)13-7-9-6-11-4-5-12-9/h4-6,8,13H,7H2,1-3H3. The van der Waals surface area contributed by atoms with E-state index >= 15 is 0 Å². The van der Waals surface area contributed by atoms with Gasteiger partial charge in [-0.15, -0.1) is 0 Å². The molecule has 1 amide bonds. The van der Waals surface area contributed by atoms with Crippen LogP contribution in [0.25, 0.3) is 0 Å². The minimum absolute atomic E-state index is 0.378. The molecule has 0 bridgehead atoms. The second kappa shape index (κ2) is 5.53. The average molecular weight is 224 g/mol. The van der Waals surface area contributed by atoms with Gasteiger partial charge in [0.25, 0.3) is 0 Å². The summed E-state index contributed by atoms with van der Waals surface area (Å²) >= 11 is 0. The largest absolute Gasteiger partial charge is 0.275 e. The van der Waals surface area contributed by atoms with Crippen LogP contribution in [0.3, 0.4) is 0 Å². The molecular weight excluding hydrogens is 208 g/mol. The third-order valence-electron chi connectivity index (χ3n) is 1.50. The zero-order chi connectivity index (χ0) is 12.0. The van der Waals surface area contributed by atoms with Crippen LogP contribution in [0.15, 0.2) is 18.6 Å². The number of nitrogens with one attached hydrogen (secondary N) is 1. The Hall–Kier alpha value is -1.53. The van der Waals surface area contributed by atoms with Crippen molar-refractivity contribution in [2.75, 3.05) is 0 Å². The van der Waals surface area contributed by atoms with Crippen molar-refractivity contribution in [2.45, 2.75) is 32.9 Å². The lowest BCUT2D eigenvalue weighted by molar-refractivity contribution is -0.239. The van der Waals surface area contributed by atoms with Gasteiger partial charge in [0.2, 0.25) is 6.41 Å². The van der Waals surface area contributed by atoms with Crippen LogP contribution < -0.4 is 5.43 Å². The smallest absolute Gasteiger partial charge is 0.249 e. The third kappa shape index (κ3) is 4.81. The highest BCUT2D eigenvalue weighted by Crippen LogP contribution is 2.07. The van der Waals surface area contributed by atoms with Crippen molar-refractivity contribution in [3.8, 4) is 0 Å². The molecule has 0 aliphatic carbocycles. The van der Waals surface area contributed by atoms with Gasteiger partial charge in [-0.3, -0.25) is 14.8 Å². The monoisotopic (exact) mass is 224 g/mol. The Bertz CT molecular complexity index is 323. The molecule has 0 spiro atoms. The molecule has 0 aliphatic heterocycles. The number of amides is 1. The predicted molar refractivity (Wildman–Crippen MR) is 57.6 cm³/mol. The van der Waals surface area contributed by atoms with Crippen LogP contribution in [0.1, 0.15) is 26.5 Å². The molecular formula is C10H16N4O2. The summed E-state index contributed by atoms with van der Waals surface area (Å²) in [7, 11) is 0. The van der Waals surface area contributed by atoms with Crippen molar-refractivity contribution in [3.05, 3.63) is 24.3 Å². The SMILES string of the molecule is CC(C)(C)ON(C=O)NCc1cnccn1. The lowest BCUT2D eigenvalue weighted by Gasteiger charge is -2.26. The molecule has 1 aromatic rings. The molecule has 16 heavy (non-hydrogen) atoms. The van der Waals surface area contributed by atoms with E-state index in [-0.39, 0.29) is 0 Å². The van der Waals surface area contributed by atoms with Gasteiger partial charge in [0.15, 0.2) is 0 Å². The Kier molecular flexibility index (Phi) is 4.33. The zero-order valence-electron chi connectivity index (χ0n) is 9.67. The third-order valence-corrected chi connectivity index (χ3v) is 1.50. The average Bonchev–Trinajstić information content (AvgIpc) is 2.24. The van der Waals surface area contributed by atoms with Gasteiger partial charge >= 0.3 is 0 Å². The fourth-order valence-electron chi connectivity index (χ4n) is 0.966. The number of hydrazine groups is 1. The number of carbonyl (C=O) groups excluding carboxylic acids is 1. The lowest BCUT2D eigenvalue weighted by Crippen LogP contribution is -2.42. The number of rotatable bonds is 5. The molecule has 1 N–H and O–H groups in total. The van der Waals surface area contributed by atoms with E-state index in [0.717, 1.165) is 10.9 Å². The second-order valence-electron chi connectivity index (χ2n) is 4.17. The van der Waals surface area contributed by atoms with Crippen LogP contribution in [0.4, 0.5) is 0 Å². The first kappa shape index (κ1) is 12.5. The minimum atomic E-state index is -0.434. The normalized spacial score (nSPS) is 11.2. The van der Waals surface area contributed by atoms with Crippen LogP contribution in [-0.2, 0) is 16.2 Å². The molecule has 0 saturated heterocycles. The maximum absolute atomic E-state index is 10.7. The van der Waals surface area contributed by atoms with E-state index in [2.05, 4.69) is 15.4 Å². The van der Waals surface area contributed by atoms with Crippen LogP contribution in [0.5, 0.6) is 0 Å². The molecule has 0 radical (unpaired) electrons. The Morgan fingerprint density at radius 1 is 1.50 bits per heavy atom. The number of aromatic nitrogens is 2. The van der Waals surface area contributed by atoms with Gasteiger partial charge in [0.1, 0.15) is 0 Å². The number of nitrogens with zero attached hydrogens (tertiary/aromatic N) is 3. The van der Waals surface area contributed by atoms with Gasteiger partial charge in [-0.2, -0.15) is 5.17 Å². The van der Waals surface area contributed by atoms with Crippen molar-refractivity contribution >= 4 is 6.41 Å². The first-order valence-electron chi connectivity index (χ1n) is 4.93. The van der Waals surface area contributed by atoms with Gasteiger partial charge in [0, 0.05) is 18.6 Å². The fraction of sp³-hybridized carbons (Fsp3) is 0.500. The lowest BCUT2D eigenvalue weighted by atomic mass is 10.2. The van der Waals surface area contributed by atoms with Crippen molar-refractivity contribution in [1.82, 2.24) is 20.6 Å². The van der Waals surface area contributed by atoms with Crippen molar-refractivity contribution < 1.29 is 9.63 Å². The van der Waals surface area contributed by atoms with Crippen LogP contribution in [-0.4, -0.2) is 27.2 Å². The summed E-state index contributed by atoms with van der Waals surface area (Å²) in [6.07, 6.45) is 5.37. The Morgan fingerprint density at radius 2 is 2.25 bits per heavy atom. The summed E-state index contributed by atoms with van der Waals surface area (Å²) in [5, 5.41) is 1.04. The van der Waals surface area contributed by atoms with E-state index in [4.69, 9.17) is 4.84 Å². The highest BCUT2D eigenvalue weighted by atomic mass is 16.7. The Labute approximate surface area is 94.6 Å². The summed E-state index contributed by atoms with van der Waals surface area (Å²) in [6, 6.07) is 0. The molecule has 6 heteroatoms.